The van der Waals surface area contributed by atoms with Crippen LogP contribution in [0.25, 0.3) is 6.08 Å². The summed E-state index contributed by atoms with van der Waals surface area (Å²) in [7, 11) is 0. The molecule has 0 aliphatic rings. The van der Waals surface area contributed by atoms with E-state index < -0.39 is 0 Å². The van der Waals surface area contributed by atoms with Gasteiger partial charge in [0.15, 0.2) is 0 Å². The maximum absolute atomic E-state index is 3.33. The second kappa shape index (κ2) is 6.39. The van der Waals surface area contributed by atoms with Crippen LogP contribution in [-0.4, -0.2) is 13.1 Å². The van der Waals surface area contributed by atoms with E-state index in [0.29, 0.717) is 0 Å². The zero-order valence-electron chi connectivity index (χ0n) is 9.09. The highest BCUT2D eigenvalue weighted by molar-refractivity contribution is 5.50. The van der Waals surface area contributed by atoms with Crippen molar-refractivity contribution in [2.75, 3.05) is 13.1 Å². The molecule has 1 rings (SSSR count). The molecule has 0 spiro atoms. The van der Waals surface area contributed by atoms with Crippen molar-refractivity contribution in [3.8, 4) is 0 Å². The average molecular weight is 189 g/mol. The normalized spacial score (nSPS) is 11.0. The lowest BCUT2D eigenvalue weighted by molar-refractivity contribution is 0.730. The van der Waals surface area contributed by atoms with Crippen LogP contribution in [0.2, 0.25) is 0 Å². The van der Waals surface area contributed by atoms with E-state index in [0.717, 1.165) is 13.1 Å². The molecule has 1 aromatic carbocycles. The molecule has 14 heavy (non-hydrogen) atoms. The van der Waals surface area contributed by atoms with Gasteiger partial charge in [-0.2, -0.15) is 0 Å². The molecule has 1 nitrogen and oxygen atoms in total. The van der Waals surface area contributed by atoms with Crippen LogP contribution in [0, 0.1) is 6.92 Å². The minimum absolute atomic E-state index is 0.960. The molecule has 1 aromatic rings. The first-order valence-electron chi connectivity index (χ1n) is 5.27. The van der Waals surface area contributed by atoms with Crippen LogP contribution in [0.3, 0.4) is 0 Å². The van der Waals surface area contributed by atoms with E-state index in [2.05, 4.69) is 55.6 Å². The molecule has 1 heteroatoms. The Kier molecular flexibility index (Phi) is 5.02. The van der Waals surface area contributed by atoms with Gasteiger partial charge in [-0.25, -0.2) is 0 Å². The molecule has 0 saturated carbocycles. The minimum Gasteiger partial charge on any atom is -0.313 e. The Balaban J connectivity index is 2.36. The molecular formula is C13H19N. The lowest BCUT2D eigenvalue weighted by atomic mass is 10.1. The lowest BCUT2D eigenvalue weighted by Gasteiger charge is -1.97. The Labute approximate surface area is 86.8 Å². The molecule has 76 valence electrons. The molecule has 0 bridgehead atoms. The quantitative estimate of drug-likeness (QED) is 0.702. The maximum atomic E-state index is 3.33. The lowest BCUT2D eigenvalue weighted by Crippen LogP contribution is -2.13. The van der Waals surface area contributed by atoms with Gasteiger partial charge in [-0.15, -0.1) is 0 Å². The topological polar surface area (TPSA) is 12.0 Å². The van der Waals surface area contributed by atoms with Crippen LogP contribution in [0.5, 0.6) is 0 Å². The van der Waals surface area contributed by atoms with Crippen LogP contribution >= 0.6 is 0 Å². The van der Waals surface area contributed by atoms with Gasteiger partial charge in [-0.05, 0) is 25.5 Å². The van der Waals surface area contributed by atoms with Crippen LogP contribution in [0.4, 0.5) is 0 Å². The van der Waals surface area contributed by atoms with Gasteiger partial charge >= 0.3 is 0 Å². The first-order chi connectivity index (χ1) is 6.83. The Morgan fingerprint density at radius 3 is 2.93 bits per heavy atom. The zero-order chi connectivity index (χ0) is 10.2. The monoisotopic (exact) mass is 189 g/mol. The summed E-state index contributed by atoms with van der Waals surface area (Å²) < 4.78 is 0. The first kappa shape index (κ1) is 11.0. The van der Waals surface area contributed by atoms with Crippen molar-refractivity contribution in [1.82, 2.24) is 5.32 Å². The van der Waals surface area contributed by atoms with Gasteiger partial charge in [0, 0.05) is 6.54 Å². The van der Waals surface area contributed by atoms with Crippen molar-refractivity contribution in [2.24, 2.45) is 0 Å². The Hall–Kier alpha value is -1.08. The molecule has 0 aromatic heterocycles. The smallest absolute Gasteiger partial charge is 0.0138 e. The van der Waals surface area contributed by atoms with E-state index in [-0.39, 0.29) is 0 Å². The summed E-state index contributed by atoms with van der Waals surface area (Å²) in [6.07, 6.45) is 5.53. The van der Waals surface area contributed by atoms with Gasteiger partial charge in [0.05, 0.1) is 0 Å². The molecule has 0 aliphatic carbocycles. The van der Waals surface area contributed by atoms with E-state index in [1.165, 1.54) is 17.5 Å². The van der Waals surface area contributed by atoms with Gasteiger partial charge in [-0.3, -0.25) is 0 Å². The number of nitrogens with one attached hydrogen (secondary N) is 1. The standard InChI is InChI=1S/C13H19N/c1-3-9-14-10-5-8-13-7-4-6-12(2)11-13/h4-8,11,14H,3,9-10H2,1-2H3. The van der Waals surface area contributed by atoms with Crippen molar-refractivity contribution >= 4 is 6.08 Å². The van der Waals surface area contributed by atoms with Gasteiger partial charge in [0.2, 0.25) is 0 Å². The van der Waals surface area contributed by atoms with Gasteiger partial charge < -0.3 is 5.32 Å². The van der Waals surface area contributed by atoms with Gasteiger partial charge in [0.1, 0.15) is 0 Å². The number of rotatable bonds is 5. The predicted octanol–water partition coefficient (Wildman–Crippen LogP) is 3.01. The number of hydrogen-bond donors (Lipinski definition) is 1. The van der Waals surface area contributed by atoms with E-state index in [4.69, 9.17) is 0 Å². The maximum Gasteiger partial charge on any atom is 0.0138 e. The van der Waals surface area contributed by atoms with Crippen molar-refractivity contribution in [3.63, 3.8) is 0 Å². The zero-order valence-corrected chi connectivity index (χ0v) is 9.09. The molecule has 0 heterocycles. The van der Waals surface area contributed by atoms with E-state index in [1.54, 1.807) is 0 Å². The van der Waals surface area contributed by atoms with E-state index in [9.17, 15) is 0 Å². The third-order valence-corrected chi connectivity index (χ3v) is 2.04. The fraction of sp³-hybridized carbons (Fsp3) is 0.385. The van der Waals surface area contributed by atoms with Crippen LogP contribution < -0.4 is 5.32 Å². The number of benzene rings is 1. The summed E-state index contributed by atoms with van der Waals surface area (Å²) >= 11 is 0. The fourth-order valence-corrected chi connectivity index (χ4v) is 1.33. The third-order valence-electron chi connectivity index (χ3n) is 2.04. The molecule has 1 N–H and O–H groups in total. The van der Waals surface area contributed by atoms with Crippen molar-refractivity contribution < 1.29 is 0 Å². The SMILES string of the molecule is CCCNCC=Cc1cccc(C)c1. The predicted molar refractivity (Wildman–Crippen MR) is 63.4 cm³/mol. The van der Waals surface area contributed by atoms with Crippen LogP contribution in [0.15, 0.2) is 30.3 Å². The molecule has 0 radical (unpaired) electrons. The summed E-state index contributed by atoms with van der Waals surface area (Å²) in [6, 6.07) is 8.53. The minimum atomic E-state index is 0.960. The number of hydrogen-bond acceptors (Lipinski definition) is 1. The second-order valence-corrected chi connectivity index (χ2v) is 3.52. The highest BCUT2D eigenvalue weighted by Gasteiger charge is 1.86. The second-order valence-electron chi connectivity index (χ2n) is 3.52. The highest BCUT2D eigenvalue weighted by Crippen LogP contribution is 2.05. The number of aryl methyl sites for hydroxylation is 1. The van der Waals surface area contributed by atoms with Crippen LogP contribution in [-0.2, 0) is 0 Å². The molecule has 0 atom stereocenters. The molecule has 0 aliphatic heterocycles. The van der Waals surface area contributed by atoms with E-state index in [1.807, 2.05) is 0 Å². The molecule has 0 unspecified atom stereocenters. The van der Waals surface area contributed by atoms with Crippen molar-refractivity contribution in [2.45, 2.75) is 20.3 Å². The summed E-state index contributed by atoms with van der Waals surface area (Å²) in [5, 5.41) is 3.33. The van der Waals surface area contributed by atoms with Crippen molar-refractivity contribution in [1.29, 1.82) is 0 Å². The fourth-order valence-electron chi connectivity index (χ4n) is 1.33. The molecule has 0 amide bonds. The first-order valence-corrected chi connectivity index (χ1v) is 5.27. The molecule has 0 fully saturated rings. The Morgan fingerprint density at radius 2 is 2.21 bits per heavy atom. The third kappa shape index (κ3) is 4.24. The Bertz CT molecular complexity index is 289. The summed E-state index contributed by atoms with van der Waals surface area (Å²) in [4.78, 5) is 0. The Morgan fingerprint density at radius 1 is 1.36 bits per heavy atom. The van der Waals surface area contributed by atoms with Gasteiger partial charge in [-0.1, -0.05) is 48.9 Å². The van der Waals surface area contributed by atoms with Crippen molar-refractivity contribution in [3.05, 3.63) is 41.5 Å². The summed E-state index contributed by atoms with van der Waals surface area (Å²) in [6.45, 7) is 6.35. The molecular weight excluding hydrogens is 170 g/mol. The largest absolute Gasteiger partial charge is 0.313 e. The van der Waals surface area contributed by atoms with E-state index >= 15 is 0 Å². The molecule has 0 saturated heterocycles. The summed E-state index contributed by atoms with van der Waals surface area (Å²) in [5.41, 5.74) is 2.59. The average Bonchev–Trinajstić information content (AvgIpc) is 2.18. The highest BCUT2D eigenvalue weighted by atomic mass is 14.8. The van der Waals surface area contributed by atoms with Crippen LogP contribution in [0.1, 0.15) is 24.5 Å². The van der Waals surface area contributed by atoms with Gasteiger partial charge in [0.25, 0.3) is 0 Å². The summed E-state index contributed by atoms with van der Waals surface area (Å²) in [5.74, 6) is 0.